The molecule has 7 nitrogen and oxygen atoms in total. The maximum absolute atomic E-state index is 12.0. The maximum Gasteiger partial charge on any atom is 0.255 e. The summed E-state index contributed by atoms with van der Waals surface area (Å²) in [6.45, 7) is 1.68. The number of carbonyl (C=O) groups is 1. The van der Waals surface area contributed by atoms with Gasteiger partial charge in [0.25, 0.3) is 5.56 Å². The Balaban J connectivity index is 2.14. The van der Waals surface area contributed by atoms with Crippen molar-refractivity contribution in [1.29, 1.82) is 0 Å². The molecule has 0 atom stereocenters. The highest BCUT2D eigenvalue weighted by molar-refractivity contribution is 5.90. The van der Waals surface area contributed by atoms with E-state index in [0.717, 1.165) is 4.57 Å². The smallest absolute Gasteiger partial charge is 0.255 e. The lowest BCUT2D eigenvalue weighted by Gasteiger charge is -2.10. The van der Waals surface area contributed by atoms with Gasteiger partial charge in [0.2, 0.25) is 11.9 Å². The number of hydrogen-bond donors (Lipinski definition) is 2. The third-order valence-corrected chi connectivity index (χ3v) is 3.11. The number of amides is 1. The van der Waals surface area contributed by atoms with Crippen LogP contribution in [0.3, 0.4) is 0 Å². The van der Waals surface area contributed by atoms with Crippen LogP contribution in [0, 0.1) is 0 Å². The minimum Gasteiger partial charge on any atom is -0.497 e. The largest absolute Gasteiger partial charge is 0.497 e. The molecule has 2 aromatic rings. The molecule has 0 saturated carbocycles. The van der Waals surface area contributed by atoms with Crippen LogP contribution >= 0.6 is 0 Å². The van der Waals surface area contributed by atoms with E-state index in [1.807, 2.05) is 6.92 Å². The van der Waals surface area contributed by atoms with Crippen molar-refractivity contribution in [3.05, 3.63) is 46.4 Å². The Morgan fingerprint density at radius 3 is 2.82 bits per heavy atom. The van der Waals surface area contributed by atoms with Crippen LogP contribution in [0.15, 0.2) is 35.1 Å². The lowest BCUT2D eigenvalue weighted by atomic mass is 10.3. The molecule has 22 heavy (non-hydrogen) atoms. The molecule has 1 aromatic heterocycles. The summed E-state index contributed by atoms with van der Waals surface area (Å²) in [4.78, 5) is 28.1. The highest BCUT2D eigenvalue weighted by Crippen LogP contribution is 2.16. The number of nitrogen functional groups attached to an aromatic ring is 1. The molecule has 1 aromatic carbocycles. The Morgan fingerprint density at radius 1 is 1.41 bits per heavy atom. The summed E-state index contributed by atoms with van der Waals surface area (Å²) in [6, 6.07) is 8.32. The number of benzene rings is 1. The van der Waals surface area contributed by atoms with Gasteiger partial charge in [-0.15, -0.1) is 0 Å². The summed E-state index contributed by atoms with van der Waals surface area (Å²) in [6.07, 6.45) is 0.607. The third kappa shape index (κ3) is 3.63. The van der Waals surface area contributed by atoms with Gasteiger partial charge in [-0.25, -0.2) is 4.98 Å². The van der Waals surface area contributed by atoms with Crippen molar-refractivity contribution in [2.24, 2.45) is 0 Å². The topological polar surface area (TPSA) is 99.2 Å². The first-order chi connectivity index (χ1) is 10.5. The van der Waals surface area contributed by atoms with Crippen LogP contribution in [0.4, 0.5) is 11.6 Å². The number of aryl methyl sites for hydroxylation is 1. The summed E-state index contributed by atoms with van der Waals surface area (Å²) >= 11 is 0. The SMILES string of the molecule is CCc1cc(=O)n(CC(=O)Nc2cccc(OC)c2)c(N)n1. The number of hydrogen-bond acceptors (Lipinski definition) is 5. The first-order valence-electron chi connectivity index (χ1n) is 6.83. The van der Waals surface area contributed by atoms with Gasteiger partial charge in [0.05, 0.1) is 7.11 Å². The van der Waals surface area contributed by atoms with Gasteiger partial charge in [0, 0.05) is 23.5 Å². The molecule has 0 aliphatic heterocycles. The summed E-state index contributed by atoms with van der Waals surface area (Å²) in [7, 11) is 1.54. The number of nitrogens with zero attached hydrogens (tertiary/aromatic N) is 2. The molecule has 116 valence electrons. The molecule has 0 aliphatic rings. The Labute approximate surface area is 127 Å². The first kappa shape index (κ1) is 15.6. The fourth-order valence-electron chi connectivity index (χ4n) is 1.96. The molecule has 0 aliphatic carbocycles. The van der Waals surface area contributed by atoms with Gasteiger partial charge >= 0.3 is 0 Å². The second-order valence-electron chi connectivity index (χ2n) is 4.66. The number of nitrogens with two attached hydrogens (primary N) is 1. The van der Waals surface area contributed by atoms with E-state index in [4.69, 9.17) is 10.5 Å². The van der Waals surface area contributed by atoms with Gasteiger partial charge in [-0.3, -0.25) is 14.2 Å². The number of carbonyl (C=O) groups excluding carboxylic acids is 1. The zero-order chi connectivity index (χ0) is 16.1. The lowest BCUT2D eigenvalue weighted by Crippen LogP contribution is -2.30. The molecule has 0 bridgehead atoms. The Kier molecular flexibility index (Phi) is 4.77. The van der Waals surface area contributed by atoms with E-state index >= 15 is 0 Å². The van der Waals surface area contributed by atoms with Crippen LogP contribution in [0.25, 0.3) is 0 Å². The molecule has 0 fully saturated rings. The average Bonchev–Trinajstić information content (AvgIpc) is 2.50. The number of methoxy groups -OCH3 is 1. The summed E-state index contributed by atoms with van der Waals surface area (Å²) < 4.78 is 6.22. The van der Waals surface area contributed by atoms with Crippen molar-refractivity contribution in [2.75, 3.05) is 18.2 Å². The Hall–Kier alpha value is -2.83. The number of rotatable bonds is 5. The Bertz CT molecular complexity index is 740. The quantitative estimate of drug-likeness (QED) is 0.859. The zero-order valence-electron chi connectivity index (χ0n) is 12.5. The van der Waals surface area contributed by atoms with E-state index in [0.29, 0.717) is 23.6 Å². The second kappa shape index (κ2) is 6.75. The van der Waals surface area contributed by atoms with E-state index in [1.54, 1.807) is 31.4 Å². The summed E-state index contributed by atoms with van der Waals surface area (Å²) in [5.41, 5.74) is 6.58. The van der Waals surface area contributed by atoms with Gasteiger partial charge < -0.3 is 15.8 Å². The first-order valence-corrected chi connectivity index (χ1v) is 6.83. The van der Waals surface area contributed by atoms with Crippen molar-refractivity contribution in [3.8, 4) is 5.75 Å². The van der Waals surface area contributed by atoms with Crippen LogP contribution < -0.4 is 21.3 Å². The molecule has 1 amide bonds. The number of nitrogens with one attached hydrogen (secondary N) is 1. The van der Waals surface area contributed by atoms with E-state index in [2.05, 4.69) is 10.3 Å². The van der Waals surface area contributed by atoms with Crippen LogP contribution in [0.2, 0.25) is 0 Å². The minimum atomic E-state index is -0.367. The fraction of sp³-hybridized carbons (Fsp3) is 0.267. The average molecular weight is 302 g/mol. The van der Waals surface area contributed by atoms with Crippen LogP contribution in [0.5, 0.6) is 5.75 Å². The van der Waals surface area contributed by atoms with Crippen molar-refractivity contribution < 1.29 is 9.53 Å². The van der Waals surface area contributed by atoms with Gasteiger partial charge in [-0.1, -0.05) is 13.0 Å². The number of anilines is 2. The molecular weight excluding hydrogens is 284 g/mol. The fourth-order valence-corrected chi connectivity index (χ4v) is 1.96. The van der Waals surface area contributed by atoms with Crippen LogP contribution in [0.1, 0.15) is 12.6 Å². The monoisotopic (exact) mass is 302 g/mol. The lowest BCUT2D eigenvalue weighted by molar-refractivity contribution is -0.116. The van der Waals surface area contributed by atoms with Crippen LogP contribution in [-0.4, -0.2) is 22.6 Å². The highest BCUT2D eigenvalue weighted by Gasteiger charge is 2.10. The van der Waals surface area contributed by atoms with E-state index in [1.165, 1.54) is 6.07 Å². The van der Waals surface area contributed by atoms with Crippen molar-refractivity contribution >= 4 is 17.5 Å². The van der Waals surface area contributed by atoms with E-state index in [-0.39, 0.29) is 24.0 Å². The van der Waals surface area contributed by atoms with Gasteiger partial charge in [0.1, 0.15) is 12.3 Å². The molecule has 3 N–H and O–H groups in total. The summed E-state index contributed by atoms with van der Waals surface area (Å²) in [5.74, 6) is 0.293. The number of ether oxygens (including phenoxy) is 1. The Morgan fingerprint density at radius 2 is 2.18 bits per heavy atom. The van der Waals surface area contributed by atoms with Crippen molar-refractivity contribution in [1.82, 2.24) is 9.55 Å². The molecule has 0 radical (unpaired) electrons. The molecule has 0 saturated heterocycles. The summed E-state index contributed by atoms with van der Waals surface area (Å²) in [5, 5.41) is 2.69. The standard InChI is InChI=1S/C15H18N4O3/c1-3-10-8-14(21)19(15(16)18-10)9-13(20)17-11-5-4-6-12(7-11)22-2/h4-8H,3,9H2,1-2H3,(H2,16,18)(H,17,20). The molecule has 0 unspecified atom stereocenters. The van der Waals surface area contributed by atoms with Gasteiger partial charge in [-0.2, -0.15) is 0 Å². The minimum absolute atomic E-state index is 0.0325. The van der Waals surface area contributed by atoms with Gasteiger partial charge in [-0.05, 0) is 18.6 Å². The predicted molar refractivity (Wildman–Crippen MR) is 83.9 cm³/mol. The molecular formula is C15H18N4O3. The number of aromatic nitrogens is 2. The van der Waals surface area contributed by atoms with Crippen molar-refractivity contribution in [3.63, 3.8) is 0 Å². The van der Waals surface area contributed by atoms with E-state index < -0.39 is 0 Å². The van der Waals surface area contributed by atoms with Crippen LogP contribution in [-0.2, 0) is 17.8 Å². The normalized spacial score (nSPS) is 10.3. The maximum atomic E-state index is 12.0. The molecule has 0 spiro atoms. The second-order valence-corrected chi connectivity index (χ2v) is 4.66. The predicted octanol–water partition coefficient (Wildman–Crippen LogP) is 1.04. The zero-order valence-corrected chi connectivity index (χ0v) is 12.5. The van der Waals surface area contributed by atoms with Crippen molar-refractivity contribution in [2.45, 2.75) is 19.9 Å². The van der Waals surface area contributed by atoms with Gasteiger partial charge in [0.15, 0.2) is 0 Å². The molecule has 7 heteroatoms. The third-order valence-electron chi connectivity index (χ3n) is 3.11. The molecule has 2 rings (SSSR count). The molecule has 1 heterocycles. The van der Waals surface area contributed by atoms with E-state index in [9.17, 15) is 9.59 Å². The highest BCUT2D eigenvalue weighted by atomic mass is 16.5.